The molecule has 1 amide bonds. The second kappa shape index (κ2) is 10.7. The number of rotatable bonds is 6. The van der Waals surface area contributed by atoms with E-state index in [2.05, 4.69) is 4.98 Å². The van der Waals surface area contributed by atoms with E-state index < -0.39 is 6.04 Å². The molecule has 3 heterocycles. The van der Waals surface area contributed by atoms with Crippen molar-refractivity contribution in [1.82, 2.24) is 19.4 Å². The van der Waals surface area contributed by atoms with Gasteiger partial charge in [0, 0.05) is 38.1 Å². The molecule has 1 fully saturated rings. The van der Waals surface area contributed by atoms with Gasteiger partial charge in [0.1, 0.15) is 11.6 Å². The highest BCUT2D eigenvalue weighted by Crippen LogP contribution is 2.33. The first-order valence-corrected chi connectivity index (χ1v) is 11.6. The number of carbonyl (C=O) groups is 1. The molecule has 184 valence electrons. The Labute approximate surface area is 203 Å². The number of carbonyl (C=O) groups excluding carboxylic acids is 1. The lowest BCUT2D eigenvalue weighted by atomic mass is 9.96. The van der Waals surface area contributed by atoms with Crippen LogP contribution in [0.15, 0.2) is 59.5 Å². The van der Waals surface area contributed by atoms with Crippen molar-refractivity contribution in [2.45, 2.75) is 26.4 Å². The van der Waals surface area contributed by atoms with E-state index in [1.807, 2.05) is 23.1 Å². The third-order valence-corrected chi connectivity index (χ3v) is 6.23. The monoisotopic (exact) mass is 480 g/mol. The van der Waals surface area contributed by atoms with Gasteiger partial charge in [0.15, 0.2) is 0 Å². The van der Waals surface area contributed by atoms with Crippen LogP contribution in [-0.2, 0) is 11.3 Å². The van der Waals surface area contributed by atoms with E-state index >= 15 is 0 Å². The van der Waals surface area contributed by atoms with Crippen molar-refractivity contribution in [3.63, 3.8) is 0 Å². The van der Waals surface area contributed by atoms with E-state index in [0.717, 1.165) is 5.69 Å². The predicted molar refractivity (Wildman–Crippen MR) is 129 cm³/mol. The molecule has 0 radical (unpaired) electrons. The molecule has 9 heteroatoms. The fourth-order valence-electron chi connectivity index (χ4n) is 4.46. The second-order valence-electron chi connectivity index (χ2n) is 8.47. The molecule has 0 saturated carbocycles. The number of hydrogen-bond acceptors (Lipinski definition) is 6. The van der Waals surface area contributed by atoms with Gasteiger partial charge in [0.25, 0.3) is 5.56 Å². The summed E-state index contributed by atoms with van der Waals surface area (Å²) in [5.74, 6) is -0.507. The van der Waals surface area contributed by atoms with Gasteiger partial charge in [-0.2, -0.15) is 0 Å². The third kappa shape index (κ3) is 5.35. The first-order chi connectivity index (χ1) is 16.9. The lowest BCUT2D eigenvalue weighted by Gasteiger charge is -2.39. The number of piperazine rings is 1. The van der Waals surface area contributed by atoms with Gasteiger partial charge in [-0.05, 0) is 49.7 Å². The Morgan fingerprint density at radius 1 is 1.14 bits per heavy atom. The molecule has 0 spiro atoms. The Kier molecular flexibility index (Phi) is 7.45. The lowest BCUT2D eigenvalue weighted by molar-refractivity contribution is 0.0709. The molecule has 8 nitrogen and oxygen atoms in total. The summed E-state index contributed by atoms with van der Waals surface area (Å²) in [5.41, 5.74) is 1.87. The van der Waals surface area contributed by atoms with Crippen LogP contribution >= 0.6 is 0 Å². The highest BCUT2D eigenvalue weighted by Gasteiger charge is 2.32. The minimum absolute atomic E-state index is 0.119. The predicted octanol–water partition coefficient (Wildman–Crippen LogP) is 3.31. The molecule has 1 aromatic carbocycles. The van der Waals surface area contributed by atoms with Crippen LogP contribution < -0.4 is 5.56 Å². The molecular formula is C26H29FN4O4. The fourth-order valence-corrected chi connectivity index (χ4v) is 4.46. The first-order valence-electron chi connectivity index (χ1n) is 11.6. The number of pyridine rings is 2. The number of hydrogen-bond donors (Lipinski definition) is 1. The average molecular weight is 481 g/mol. The SMILES string of the molecule is CCOC(=O)N1CCN([C@@H](c2ccc(F)cc2)c2c(O)cc(C)n(Cc3ccccn3)c2=O)CC1. The zero-order valence-electron chi connectivity index (χ0n) is 19.9. The van der Waals surface area contributed by atoms with E-state index in [-0.39, 0.29) is 35.3 Å². The summed E-state index contributed by atoms with van der Waals surface area (Å²) in [6.45, 7) is 5.79. The van der Waals surface area contributed by atoms with E-state index in [9.17, 15) is 19.1 Å². The molecule has 1 saturated heterocycles. The van der Waals surface area contributed by atoms with Crippen molar-refractivity contribution in [2.75, 3.05) is 32.8 Å². The number of benzene rings is 1. The number of aryl methyl sites for hydroxylation is 1. The molecule has 0 bridgehead atoms. The highest BCUT2D eigenvalue weighted by atomic mass is 19.1. The van der Waals surface area contributed by atoms with Gasteiger partial charge in [0.05, 0.1) is 30.5 Å². The summed E-state index contributed by atoms with van der Waals surface area (Å²) in [5, 5.41) is 11.0. The Hall–Kier alpha value is -3.72. The molecule has 2 aromatic heterocycles. The summed E-state index contributed by atoms with van der Waals surface area (Å²) >= 11 is 0. The number of amides is 1. The van der Waals surface area contributed by atoms with Crippen molar-refractivity contribution in [1.29, 1.82) is 0 Å². The number of halogens is 1. The zero-order valence-corrected chi connectivity index (χ0v) is 19.9. The molecule has 3 aromatic rings. The van der Waals surface area contributed by atoms with Crippen LogP contribution in [0.4, 0.5) is 9.18 Å². The minimum atomic E-state index is -0.622. The Balaban J connectivity index is 1.74. The van der Waals surface area contributed by atoms with Gasteiger partial charge in [-0.15, -0.1) is 0 Å². The summed E-state index contributed by atoms with van der Waals surface area (Å²) in [6.07, 6.45) is 1.29. The molecule has 1 atom stereocenters. The Morgan fingerprint density at radius 3 is 2.49 bits per heavy atom. The fraction of sp³-hybridized carbons (Fsp3) is 0.346. The normalized spacial score (nSPS) is 15.1. The molecule has 1 N–H and O–H groups in total. The van der Waals surface area contributed by atoms with E-state index in [4.69, 9.17) is 4.74 Å². The van der Waals surface area contributed by atoms with Gasteiger partial charge < -0.3 is 19.3 Å². The van der Waals surface area contributed by atoms with Crippen LogP contribution in [0.25, 0.3) is 0 Å². The van der Waals surface area contributed by atoms with Crippen LogP contribution in [0.1, 0.15) is 35.5 Å². The minimum Gasteiger partial charge on any atom is -0.507 e. The second-order valence-corrected chi connectivity index (χ2v) is 8.47. The maximum absolute atomic E-state index is 13.8. The van der Waals surface area contributed by atoms with E-state index in [1.165, 1.54) is 12.1 Å². The van der Waals surface area contributed by atoms with Crippen molar-refractivity contribution < 1.29 is 19.0 Å². The Bertz CT molecular complexity index is 1220. The molecule has 1 aliphatic rings. The topological polar surface area (TPSA) is 87.9 Å². The van der Waals surface area contributed by atoms with Gasteiger partial charge in [0.2, 0.25) is 0 Å². The molecular weight excluding hydrogens is 451 g/mol. The van der Waals surface area contributed by atoms with Gasteiger partial charge in [-0.1, -0.05) is 18.2 Å². The zero-order chi connectivity index (χ0) is 24.9. The Morgan fingerprint density at radius 2 is 1.86 bits per heavy atom. The lowest BCUT2D eigenvalue weighted by Crippen LogP contribution is -2.50. The van der Waals surface area contributed by atoms with Crippen LogP contribution in [0.5, 0.6) is 5.75 Å². The van der Waals surface area contributed by atoms with Crippen LogP contribution in [0.3, 0.4) is 0 Å². The van der Waals surface area contributed by atoms with Gasteiger partial charge in [-0.25, -0.2) is 9.18 Å². The maximum Gasteiger partial charge on any atom is 0.409 e. The average Bonchev–Trinajstić information content (AvgIpc) is 2.86. The molecule has 0 aliphatic carbocycles. The number of aromatic nitrogens is 2. The number of nitrogens with zero attached hydrogens (tertiary/aromatic N) is 4. The standard InChI is InChI=1S/C26H29FN4O4/c1-3-35-26(34)30-14-12-29(13-15-30)24(19-7-9-20(27)10-8-19)23-22(32)16-18(2)31(25(23)33)17-21-6-4-5-11-28-21/h4-11,16,24,32H,3,12-15,17H2,1-2H3/t24-/m0/s1. The summed E-state index contributed by atoms with van der Waals surface area (Å²) in [7, 11) is 0. The summed E-state index contributed by atoms with van der Waals surface area (Å²) in [6, 6.07) is 12.4. The summed E-state index contributed by atoms with van der Waals surface area (Å²) < 4.78 is 20.4. The molecule has 0 unspecified atom stereocenters. The van der Waals surface area contributed by atoms with Crippen LogP contribution in [-0.4, -0.2) is 63.3 Å². The number of aromatic hydroxyl groups is 1. The van der Waals surface area contributed by atoms with Gasteiger partial charge in [-0.3, -0.25) is 14.7 Å². The highest BCUT2D eigenvalue weighted by molar-refractivity contribution is 5.67. The van der Waals surface area contributed by atoms with E-state index in [1.54, 1.807) is 47.7 Å². The third-order valence-electron chi connectivity index (χ3n) is 6.23. The smallest absolute Gasteiger partial charge is 0.409 e. The molecule has 35 heavy (non-hydrogen) atoms. The van der Waals surface area contributed by atoms with Crippen molar-refractivity contribution in [3.8, 4) is 5.75 Å². The molecule has 4 rings (SSSR count). The van der Waals surface area contributed by atoms with Crippen LogP contribution in [0, 0.1) is 12.7 Å². The van der Waals surface area contributed by atoms with Crippen LogP contribution in [0.2, 0.25) is 0 Å². The maximum atomic E-state index is 13.8. The molecule has 1 aliphatic heterocycles. The van der Waals surface area contributed by atoms with Crippen molar-refractivity contribution in [3.05, 3.63) is 93.4 Å². The summed E-state index contributed by atoms with van der Waals surface area (Å²) in [4.78, 5) is 33.9. The number of ether oxygens (including phenoxy) is 1. The largest absolute Gasteiger partial charge is 0.507 e. The van der Waals surface area contributed by atoms with Gasteiger partial charge >= 0.3 is 6.09 Å². The quantitative estimate of drug-likeness (QED) is 0.583. The van der Waals surface area contributed by atoms with E-state index in [0.29, 0.717) is 44.0 Å². The van der Waals surface area contributed by atoms with Crippen molar-refractivity contribution in [2.24, 2.45) is 0 Å². The van der Waals surface area contributed by atoms with Crippen molar-refractivity contribution >= 4 is 6.09 Å². The first kappa shape index (κ1) is 24.4.